The van der Waals surface area contributed by atoms with Crippen LogP contribution in [0.2, 0.25) is 0 Å². The third kappa shape index (κ3) is 4.35. The van der Waals surface area contributed by atoms with Gasteiger partial charge >= 0.3 is 0 Å². The first-order valence-corrected chi connectivity index (χ1v) is 10.5. The summed E-state index contributed by atoms with van der Waals surface area (Å²) in [5, 5.41) is 5.01. The predicted octanol–water partition coefficient (Wildman–Crippen LogP) is -0.474. The van der Waals surface area contributed by atoms with E-state index in [1.807, 2.05) is 4.90 Å². The van der Waals surface area contributed by atoms with Crippen molar-refractivity contribution in [1.29, 1.82) is 0 Å². The highest BCUT2D eigenvalue weighted by atomic mass is 32.2. The Labute approximate surface area is 160 Å². The number of nitrogens with zero attached hydrogens (tertiary/aromatic N) is 4. The lowest BCUT2D eigenvalue weighted by molar-refractivity contribution is -0.117. The van der Waals surface area contributed by atoms with Crippen molar-refractivity contribution in [3.8, 4) is 0 Å². The monoisotopic (exact) mass is 412 g/mol. The van der Waals surface area contributed by atoms with Gasteiger partial charge in [-0.05, 0) is 6.07 Å². The number of nitrogens with one attached hydrogen (secondary N) is 1. The standard InChI is InChI=1S/C15H20N6O4S2/c1-19-9-11(8-12(19)14(16)23)27(24,25)21-5-3-20(4-6-21)10-13(22)18-15-17-2-7-26-15/h2,7-9H,3-6,10H2,1H3,(H2,16,23)(H,17,18,22). The fourth-order valence-corrected chi connectivity index (χ4v) is 4.88. The molecule has 12 heteroatoms. The molecule has 3 rings (SSSR count). The van der Waals surface area contributed by atoms with Crippen molar-refractivity contribution in [2.24, 2.45) is 12.8 Å². The molecule has 27 heavy (non-hydrogen) atoms. The molecule has 3 N–H and O–H groups in total. The van der Waals surface area contributed by atoms with Gasteiger partial charge in [0.15, 0.2) is 5.13 Å². The summed E-state index contributed by atoms with van der Waals surface area (Å²) in [6, 6.07) is 1.28. The zero-order valence-corrected chi connectivity index (χ0v) is 16.3. The largest absolute Gasteiger partial charge is 0.364 e. The lowest BCUT2D eigenvalue weighted by atomic mass is 10.3. The highest BCUT2D eigenvalue weighted by Gasteiger charge is 2.30. The lowest BCUT2D eigenvalue weighted by Gasteiger charge is -2.33. The molecule has 2 aromatic rings. The molecule has 1 aliphatic heterocycles. The Balaban J connectivity index is 1.58. The Morgan fingerprint density at radius 1 is 1.30 bits per heavy atom. The molecule has 1 aliphatic rings. The molecular weight excluding hydrogens is 392 g/mol. The molecule has 2 aromatic heterocycles. The van der Waals surface area contributed by atoms with Gasteiger partial charge in [0.1, 0.15) is 10.6 Å². The lowest BCUT2D eigenvalue weighted by Crippen LogP contribution is -2.50. The SMILES string of the molecule is Cn1cc(S(=O)(=O)N2CCN(CC(=O)Nc3nccs3)CC2)cc1C(N)=O. The molecule has 10 nitrogen and oxygen atoms in total. The van der Waals surface area contributed by atoms with E-state index in [0.29, 0.717) is 18.2 Å². The number of piperazine rings is 1. The normalized spacial score (nSPS) is 16.3. The summed E-state index contributed by atoms with van der Waals surface area (Å²) >= 11 is 1.34. The van der Waals surface area contributed by atoms with E-state index in [2.05, 4.69) is 10.3 Å². The second kappa shape index (κ2) is 7.76. The van der Waals surface area contributed by atoms with E-state index in [9.17, 15) is 18.0 Å². The number of aromatic nitrogens is 2. The summed E-state index contributed by atoms with van der Waals surface area (Å²) in [6.07, 6.45) is 2.99. The van der Waals surface area contributed by atoms with E-state index < -0.39 is 15.9 Å². The van der Waals surface area contributed by atoms with Crippen molar-refractivity contribution in [3.63, 3.8) is 0 Å². The molecule has 1 saturated heterocycles. The first-order valence-electron chi connectivity index (χ1n) is 8.15. The van der Waals surface area contributed by atoms with E-state index in [0.717, 1.165) is 0 Å². The molecule has 0 atom stereocenters. The van der Waals surface area contributed by atoms with Crippen LogP contribution in [0.25, 0.3) is 0 Å². The quantitative estimate of drug-likeness (QED) is 0.659. The van der Waals surface area contributed by atoms with Gasteiger partial charge in [-0.1, -0.05) is 0 Å². The van der Waals surface area contributed by atoms with Crippen molar-refractivity contribution >= 4 is 38.3 Å². The number of nitrogens with two attached hydrogens (primary N) is 1. The number of carbonyl (C=O) groups is 2. The van der Waals surface area contributed by atoms with E-state index in [4.69, 9.17) is 5.73 Å². The topological polar surface area (TPSA) is 131 Å². The molecule has 0 unspecified atom stereocenters. The van der Waals surface area contributed by atoms with Gasteiger partial charge in [0.05, 0.1) is 6.54 Å². The smallest absolute Gasteiger partial charge is 0.265 e. The number of primary amides is 1. The van der Waals surface area contributed by atoms with Crippen LogP contribution in [0.5, 0.6) is 0 Å². The maximum atomic E-state index is 12.8. The zero-order chi connectivity index (χ0) is 19.6. The minimum absolute atomic E-state index is 0.0359. The van der Waals surface area contributed by atoms with Crippen molar-refractivity contribution in [2.45, 2.75) is 4.90 Å². The second-order valence-electron chi connectivity index (χ2n) is 6.10. The number of sulfonamides is 1. The van der Waals surface area contributed by atoms with Gasteiger partial charge < -0.3 is 15.6 Å². The molecule has 0 spiro atoms. The summed E-state index contributed by atoms with van der Waals surface area (Å²) in [5.41, 5.74) is 5.38. The van der Waals surface area contributed by atoms with Crippen LogP contribution in [0.3, 0.4) is 0 Å². The molecule has 0 saturated carbocycles. The molecule has 3 heterocycles. The van der Waals surface area contributed by atoms with Gasteiger partial charge in [-0.2, -0.15) is 4.31 Å². The average Bonchev–Trinajstić information content (AvgIpc) is 3.25. The Morgan fingerprint density at radius 3 is 2.56 bits per heavy atom. The second-order valence-corrected chi connectivity index (χ2v) is 8.93. The maximum Gasteiger partial charge on any atom is 0.265 e. The minimum Gasteiger partial charge on any atom is -0.364 e. The molecular formula is C15H20N6O4S2. The zero-order valence-electron chi connectivity index (χ0n) is 14.7. The van der Waals surface area contributed by atoms with E-state index in [1.54, 1.807) is 18.6 Å². The molecule has 0 aromatic carbocycles. The molecule has 2 amide bonds. The van der Waals surface area contributed by atoms with Gasteiger partial charge in [0.25, 0.3) is 5.91 Å². The fourth-order valence-electron chi connectivity index (χ4n) is 2.84. The highest BCUT2D eigenvalue weighted by molar-refractivity contribution is 7.89. The molecule has 0 aliphatic carbocycles. The third-order valence-electron chi connectivity index (χ3n) is 4.25. The average molecular weight is 412 g/mol. The van der Waals surface area contributed by atoms with E-state index in [-0.39, 0.29) is 36.1 Å². The first kappa shape index (κ1) is 19.5. The number of amides is 2. The summed E-state index contributed by atoms with van der Waals surface area (Å²) < 4.78 is 28.3. The minimum atomic E-state index is -3.72. The van der Waals surface area contributed by atoms with Crippen LogP contribution in [0.1, 0.15) is 10.5 Å². The van der Waals surface area contributed by atoms with Crippen LogP contribution in [0.4, 0.5) is 5.13 Å². The predicted molar refractivity (Wildman–Crippen MR) is 99.9 cm³/mol. The van der Waals surface area contributed by atoms with Crippen LogP contribution in [0.15, 0.2) is 28.7 Å². The van der Waals surface area contributed by atoms with Crippen LogP contribution >= 0.6 is 11.3 Å². The van der Waals surface area contributed by atoms with Crippen molar-refractivity contribution in [1.82, 2.24) is 18.8 Å². The Hall–Kier alpha value is -2.28. The van der Waals surface area contributed by atoms with E-state index >= 15 is 0 Å². The Morgan fingerprint density at radius 2 is 2.00 bits per heavy atom. The first-order chi connectivity index (χ1) is 12.8. The van der Waals surface area contributed by atoms with Gasteiger partial charge in [0.2, 0.25) is 15.9 Å². The maximum absolute atomic E-state index is 12.8. The van der Waals surface area contributed by atoms with Crippen LogP contribution in [0, 0.1) is 0 Å². The third-order valence-corrected chi connectivity index (χ3v) is 6.80. The van der Waals surface area contributed by atoms with Gasteiger partial charge in [0, 0.05) is 51.0 Å². The number of hydrogen-bond acceptors (Lipinski definition) is 7. The number of hydrogen-bond donors (Lipinski definition) is 2. The molecule has 0 bridgehead atoms. The number of rotatable bonds is 6. The number of aryl methyl sites for hydroxylation is 1. The van der Waals surface area contributed by atoms with Gasteiger partial charge in [-0.15, -0.1) is 11.3 Å². The summed E-state index contributed by atoms with van der Waals surface area (Å²) in [6.45, 7) is 1.55. The Kier molecular flexibility index (Phi) is 5.60. The van der Waals surface area contributed by atoms with Crippen LogP contribution in [-0.2, 0) is 21.9 Å². The van der Waals surface area contributed by atoms with Crippen molar-refractivity contribution in [2.75, 3.05) is 38.0 Å². The van der Waals surface area contributed by atoms with Crippen molar-refractivity contribution < 1.29 is 18.0 Å². The molecule has 146 valence electrons. The summed E-state index contributed by atoms with van der Waals surface area (Å²) in [5.74, 6) is -0.870. The Bertz CT molecular complexity index is 930. The number of thiazole rings is 1. The van der Waals surface area contributed by atoms with E-state index in [1.165, 1.54) is 32.5 Å². The summed E-state index contributed by atoms with van der Waals surface area (Å²) in [7, 11) is -2.15. The van der Waals surface area contributed by atoms with Crippen molar-refractivity contribution in [3.05, 3.63) is 29.5 Å². The van der Waals surface area contributed by atoms with Gasteiger partial charge in [-0.25, -0.2) is 13.4 Å². The molecule has 0 radical (unpaired) electrons. The van der Waals surface area contributed by atoms with Crippen LogP contribution < -0.4 is 11.1 Å². The molecule has 1 fully saturated rings. The summed E-state index contributed by atoms with van der Waals surface area (Å²) in [4.78, 5) is 29.3. The van der Waals surface area contributed by atoms with Gasteiger partial charge in [-0.3, -0.25) is 14.5 Å². The highest BCUT2D eigenvalue weighted by Crippen LogP contribution is 2.20. The number of anilines is 1. The fraction of sp³-hybridized carbons (Fsp3) is 0.400. The van der Waals surface area contributed by atoms with Crippen LogP contribution in [-0.4, -0.2) is 71.7 Å². The number of carbonyl (C=O) groups excluding carboxylic acids is 2.